The third-order valence-corrected chi connectivity index (χ3v) is 2.82. The zero-order valence-electron chi connectivity index (χ0n) is 8.59. The lowest BCUT2D eigenvalue weighted by Crippen LogP contribution is -2.08. The van der Waals surface area contributed by atoms with E-state index in [0.29, 0.717) is 0 Å². The van der Waals surface area contributed by atoms with Gasteiger partial charge in [-0.05, 0) is 44.1 Å². The number of hydrazone groups is 1. The number of rotatable bonds is 1. The highest BCUT2D eigenvalue weighted by Gasteiger charge is 2.11. The summed E-state index contributed by atoms with van der Waals surface area (Å²) >= 11 is 0. The second-order valence-corrected chi connectivity index (χ2v) is 3.93. The first-order chi connectivity index (χ1) is 6.97. The Morgan fingerprint density at radius 3 is 3.14 bits per heavy atom. The van der Waals surface area contributed by atoms with Crippen molar-refractivity contribution in [2.75, 3.05) is 6.61 Å². The molecule has 0 atom stereocenters. The largest absolute Gasteiger partial charge is 0.259 e. The van der Waals surface area contributed by atoms with Crippen LogP contribution in [0.4, 0.5) is 0 Å². The van der Waals surface area contributed by atoms with E-state index in [0.717, 1.165) is 19.4 Å². The maximum atomic E-state index is 5.08. The van der Waals surface area contributed by atoms with E-state index in [-0.39, 0.29) is 0 Å². The van der Waals surface area contributed by atoms with Crippen molar-refractivity contribution in [3.05, 3.63) is 11.6 Å². The Labute approximate surface area is 85.2 Å². The quantitative estimate of drug-likeness (QED) is 0.696. The summed E-state index contributed by atoms with van der Waals surface area (Å²) in [4.78, 5) is 5.08. The van der Waals surface area contributed by atoms with Gasteiger partial charge in [0.05, 0.1) is 12.3 Å². The van der Waals surface area contributed by atoms with E-state index in [1.165, 1.54) is 43.4 Å². The summed E-state index contributed by atoms with van der Waals surface area (Å²) in [7, 11) is 0. The average molecular weight is 194 g/mol. The van der Waals surface area contributed by atoms with Gasteiger partial charge in [0.15, 0.2) is 0 Å². The third kappa shape index (κ3) is 2.58. The van der Waals surface area contributed by atoms with Gasteiger partial charge in [-0.25, -0.2) is 0 Å². The zero-order valence-corrected chi connectivity index (χ0v) is 8.59. The third-order valence-electron chi connectivity index (χ3n) is 2.82. The minimum absolute atomic E-state index is 0.764. The van der Waals surface area contributed by atoms with Gasteiger partial charge in [-0.1, -0.05) is 12.5 Å². The summed E-state index contributed by atoms with van der Waals surface area (Å²) in [6.45, 7) is 0.764. The molecule has 14 heavy (non-hydrogen) atoms. The van der Waals surface area contributed by atoms with E-state index < -0.39 is 0 Å². The molecule has 0 aromatic carbocycles. The number of nitrogens with zero attached hydrogens (tertiary/aromatic N) is 1. The highest BCUT2D eigenvalue weighted by Crippen LogP contribution is 2.20. The fourth-order valence-corrected chi connectivity index (χ4v) is 2.01. The molecule has 3 nitrogen and oxygen atoms in total. The molecular weight excluding hydrogens is 176 g/mol. The van der Waals surface area contributed by atoms with Gasteiger partial charge >= 0.3 is 0 Å². The fourth-order valence-electron chi connectivity index (χ4n) is 2.01. The van der Waals surface area contributed by atoms with E-state index >= 15 is 0 Å². The molecule has 0 spiro atoms. The van der Waals surface area contributed by atoms with Gasteiger partial charge in [0.25, 0.3) is 0 Å². The molecule has 0 radical (unpaired) electrons. The Morgan fingerprint density at radius 2 is 2.14 bits per heavy atom. The molecule has 0 aromatic heterocycles. The molecule has 0 aromatic rings. The van der Waals surface area contributed by atoms with E-state index in [2.05, 4.69) is 16.8 Å². The van der Waals surface area contributed by atoms with Crippen LogP contribution in [0.3, 0.4) is 0 Å². The summed E-state index contributed by atoms with van der Waals surface area (Å²) in [5, 5.41) is 4.26. The van der Waals surface area contributed by atoms with Gasteiger partial charge in [-0.15, -0.1) is 0 Å². The monoisotopic (exact) mass is 194 g/mol. The van der Waals surface area contributed by atoms with Crippen LogP contribution in [-0.4, -0.2) is 12.3 Å². The standard InChI is InChI=1S/C11H18N2O/c1-2-4-7-10(6-3-1)11-8-5-9-14-13-12-11/h6,13H,1-5,7-9H2. The molecule has 1 aliphatic carbocycles. The molecule has 78 valence electrons. The minimum Gasteiger partial charge on any atom is -0.259 e. The van der Waals surface area contributed by atoms with Gasteiger partial charge in [-0.3, -0.25) is 4.84 Å². The van der Waals surface area contributed by atoms with Crippen molar-refractivity contribution in [2.45, 2.75) is 44.9 Å². The molecule has 0 saturated carbocycles. The van der Waals surface area contributed by atoms with Crippen molar-refractivity contribution in [2.24, 2.45) is 5.10 Å². The summed E-state index contributed by atoms with van der Waals surface area (Å²) in [5.74, 6) is 0. The number of allylic oxidation sites excluding steroid dienone is 2. The van der Waals surface area contributed by atoms with Crippen LogP contribution in [0.5, 0.6) is 0 Å². The van der Waals surface area contributed by atoms with Gasteiger partial charge in [0, 0.05) is 0 Å². The number of nitrogens with one attached hydrogen (secondary N) is 1. The molecule has 0 saturated heterocycles. The molecule has 0 amide bonds. The minimum atomic E-state index is 0.764. The van der Waals surface area contributed by atoms with E-state index in [4.69, 9.17) is 4.84 Å². The maximum absolute atomic E-state index is 5.08. The molecule has 2 rings (SSSR count). The van der Waals surface area contributed by atoms with Crippen LogP contribution in [0.25, 0.3) is 0 Å². The second-order valence-electron chi connectivity index (χ2n) is 3.93. The molecule has 0 bridgehead atoms. The van der Waals surface area contributed by atoms with Crippen LogP contribution in [0.15, 0.2) is 16.8 Å². The molecule has 1 aliphatic heterocycles. The Kier molecular flexibility index (Phi) is 3.57. The lowest BCUT2D eigenvalue weighted by atomic mass is 10.0. The molecular formula is C11H18N2O. The Balaban J connectivity index is 2.03. The van der Waals surface area contributed by atoms with Crippen LogP contribution in [-0.2, 0) is 4.84 Å². The van der Waals surface area contributed by atoms with Gasteiger partial charge in [0.2, 0.25) is 0 Å². The van der Waals surface area contributed by atoms with Crippen LogP contribution >= 0.6 is 0 Å². The van der Waals surface area contributed by atoms with Crippen molar-refractivity contribution >= 4 is 5.71 Å². The van der Waals surface area contributed by atoms with E-state index in [1.54, 1.807) is 0 Å². The lowest BCUT2D eigenvalue weighted by Gasteiger charge is -2.06. The fraction of sp³-hybridized carbons (Fsp3) is 0.727. The van der Waals surface area contributed by atoms with Gasteiger partial charge < -0.3 is 0 Å². The average Bonchev–Trinajstić information content (AvgIpc) is 2.62. The molecule has 3 heteroatoms. The van der Waals surface area contributed by atoms with Crippen molar-refractivity contribution < 1.29 is 4.84 Å². The first-order valence-corrected chi connectivity index (χ1v) is 5.59. The predicted molar refractivity (Wildman–Crippen MR) is 56.9 cm³/mol. The second kappa shape index (κ2) is 5.15. The maximum Gasteiger partial charge on any atom is 0.0768 e. The molecule has 2 aliphatic rings. The summed E-state index contributed by atoms with van der Waals surface area (Å²) in [6, 6.07) is 0. The molecule has 1 heterocycles. The van der Waals surface area contributed by atoms with Crippen LogP contribution in [0.1, 0.15) is 44.9 Å². The molecule has 1 N–H and O–H groups in total. The van der Waals surface area contributed by atoms with Crippen LogP contribution in [0.2, 0.25) is 0 Å². The van der Waals surface area contributed by atoms with Crippen LogP contribution < -0.4 is 5.59 Å². The Hall–Kier alpha value is -0.830. The van der Waals surface area contributed by atoms with Crippen molar-refractivity contribution in [3.63, 3.8) is 0 Å². The van der Waals surface area contributed by atoms with Crippen molar-refractivity contribution in [3.8, 4) is 0 Å². The van der Waals surface area contributed by atoms with Gasteiger partial charge in [0.1, 0.15) is 0 Å². The first kappa shape index (κ1) is 9.71. The topological polar surface area (TPSA) is 33.6 Å². The smallest absolute Gasteiger partial charge is 0.0768 e. The molecule has 0 unspecified atom stereocenters. The first-order valence-electron chi connectivity index (χ1n) is 5.59. The highest BCUT2D eigenvalue weighted by molar-refractivity contribution is 6.00. The van der Waals surface area contributed by atoms with Crippen molar-refractivity contribution in [1.29, 1.82) is 0 Å². The van der Waals surface area contributed by atoms with E-state index in [1.807, 2.05) is 0 Å². The lowest BCUT2D eigenvalue weighted by molar-refractivity contribution is 0.0471. The predicted octanol–water partition coefficient (Wildman–Crippen LogP) is 2.55. The summed E-state index contributed by atoms with van der Waals surface area (Å²) in [6.07, 6.45) is 10.9. The SMILES string of the molecule is C1=C(C2=NNOCCC2)CCCCC1. The normalized spacial score (nSPS) is 24.0. The zero-order chi connectivity index (χ0) is 9.64. The van der Waals surface area contributed by atoms with Crippen molar-refractivity contribution in [1.82, 2.24) is 5.59 Å². The summed E-state index contributed by atoms with van der Waals surface area (Å²) < 4.78 is 0. The van der Waals surface area contributed by atoms with Crippen LogP contribution in [0, 0.1) is 0 Å². The Morgan fingerprint density at radius 1 is 1.14 bits per heavy atom. The number of hydrogen-bond acceptors (Lipinski definition) is 3. The van der Waals surface area contributed by atoms with E-state index in [9.17, 15) is 0 Å². The summed E-state index contributed by atoms with van der Waals surface area (Å²) in [5.41, 5.74) is 5.32. The number of hydrogen-bond donors (Lipinski definition) is 1. The Bertz CT molecular complexity index is 220. The van der Waals surface area contributed by atoms with Gasteiger partial charge in [-0.2, -0.15) is 10.7 Å². The highest BCUT2D eigenvalue weighted by atomic mass is 16.7. The molecule has 0 fully saturated rings.